The summed E-state index contributed by atoms with van der Waals surface area (Å²) < 4.78 is 37.4. The molecule has 0 amide bonds. The van der Waals surface area contributed by atoms with Crippen LogP contribution in [0, 0.1) is 0 Å². The molecule has 0 unspecified atom stereocenters. The molecule has 0 aliphatic carbocycles. The van der Waals surface area contributed by atoms with Crippen LogP contribution in [0.1, 0.15) is 24.0 Å². The fourth-order valence-electron chi connectivity index (χ4n) is 1.60. The summed E-state index contributed by atoms with van der Waals surface area (Å²) in [5, 5.41) is 0. The molecule has 0 radical (unpaired) electrons. The molecule has 0 aromatic heterocycles. The minimum atomic E-state index is -4.29. The van der Waals surface area contributed by atoms with Crippen LogP contribution in [0.15, 0.2) is 41.5 Å². The van der Waals surface area contributed by atoms with Crippen molar-refractivity contribution in [2.24, 2.45) is 4.99 Å². The summed E-state index contributed by atoms with van der Waals surface area (Å²) in [7, 11) is 0. The molecule has 0 atom stereocenters. The van der Waals surface area contributed by atoms with Crippen molar-refractivity contribution in [2.75, 3.05) is 0 Å². The number of rotatable bonds is 1. The van der Waals surface area contributed by atoms with Crippen molar-refractivity contribution in [3.8, 4) is 0 Å². The maximum absolute atomic E-state index is 12.5. The smallest absolute Gasteiger partial charge is 0.261 e. The van der Waals surface area contributed by atoms with Gasteiger partial charge in [0, 0.05) is 11.9 Å². The van der Waals surface area contributed by atoms with Crippen molar-refractivity contribution in [1.82, 2.24) is 0 Å². The Hall–Kier alpha value is -1.58. The lowest BCUT2D eigenvalue weighted by molar-refractivity contribution is -0.137. The van der Waals surface area contributed by atoms with E-state index in [1.807, 2.05) is 6.08 Å². The van der Waals surface area contributed by atoms with E-state index in [4.69, 9.17) is 0 Å². The predicted octanol–water partition coefficient (Wildman–Crippen LogP) is 3.80. The average Bonchev–Trinajstić information content (AvgIpc) is 2.29. The first-order valence-electron chi connectivity index (χ1n) is 4.97. The number of halogens is 3. The Morgan fingerprint density at radius 1 is 1.19 bits per heavy atom. The first-order valence-corrected chi connectivity index (χ1v) is 4.97. The van der Waals surface area contributed by atoms with E-state index in [2.05, 4.69) is 4.99 Å². The topological polar surface area (TPSA) is 12.4 Å². The first-order chi connectivity index (χ1) is 7.57. The average molecular weight is 225 g/mol. The maximum Gasteiger partial charge on any atom is 0.416 e. The lowest BCUT2D eigenvalue weighted by Gasteiger charge is -2.11. The second-order valence-electron chi connectivity index (χ2n) is 3.58. The Kier molecular flexibility index (Phi) is 2.81. The molecular formula is C12H10F3N. The van der Waals surface area contributed by atoms with Gasteiger partial charge in [-0.15, -0.1) is 0 Å². The van der Waals surface area contributed by atoms with Gasteiger partial charge in [-0.2, -0.15) is 13.2 Å². The molecule has 1 nitrogen and oxygen atoms in total. The number of nitrogens with zero attached hydrogens (tertiary/aromatic N) is 1. The molecule has 1 heterocycles. The molecule has 2 rings (SSSR count). The van der Waals surface area contributed by atoms with Crippen LogP contribution in [0.25, 0.3) is 0 Å². The highest BCUT2D eigenvalue weighted by Crippen LogP contribution is 2.30. The van der Waals surface area contributed by atoms with Crippen molar-refractivity contribution >= 4 is 5.71 Å². The molecular weight excluding hydrogens is 215 g/mol. The molecule has 0 saturated carbocycles. The van der Waals surface area contributed by atoms with Crippen molar-refractivity contribution in [1.29, 1.82) is 0 Å². The third-order valence-electron chi connectivity index (χ3n) is 2.41. The molecule has 0 saturated heterocycles. The van der Waals surface area contributed by atoms with E-state index in [-0.39, 0.29) is 0 Å². The summed E-state index contributed by atoms with van der Waals surface area (Å²) in [5.41, 5.74) is 0.648. The Morgan fingerprint density at radius 3 is 2.62 bits per heavy atom. The van der Waals surface area contributed by atoms with Crippen molar-refractivity contribution < 1.29 is 13.2 Å². The van der Waals surface area contributed by atoms with Gasteiger partial charge in [-0.25, -0.2) is 0 Å². The van der Waals surface area contributed by atoms with Crippen LogP contribution in [-0.4, -0.2) is 5.71 Å². The Balaban J connectivity index is 2.36. The molecule has 0 N–H and O–H groups in total. The number of allylic oxidation sites excluding steroid dienone is 1. The molecule has 0 fully saturated rings. The van der Waals surface area contributed by atoms with E-state index in [0.29, 0.717) is 17.7 Å². The number of alkyl halides is 3. The summed E-state index contributed by atoms with van der Waals surface area (Å²) in [6, 6.07) is 5.30. The molecule has 0 spiro atoms. The molecule has 84 valence electrons. The zero-order chi connectivity index (χ0) is 11.6. The van der Waals surface area contributed by atoms with Gasteiger partial charge in [0.2, 0.25) is 0 Å². The van der Waals surface area contributed by atoms with Crippen LogP contribution in [0.4, 0.5) is 13.2 Å². The van der Waals surface area contributed by atoms with Gasteiger partial charge < -0.3 is 0 Å². The number of aliphatic imine (C=N–C) groups is 1. The molecule has 1 aliphatic heterocycles. The lowest BCUT2D eigenvalue weighted by atomic mass is 10.0. The second kappa shape index (κ2) is 4.12. The fourth-order valence-corrected chi connectivity index (χ4v) is 1.60. The quantitative estimate of drug-likeness (QED) is 0.689. The minimum absolute atomic E-state index is 0.555. The zero-order valence-corrected chi connectivity index (χ0v) is 8.46. The van der Waals surface area contributed by atoms with Gasteiger partial charge in [-0.1, -0.05) is 18.2 Å². The first kappa shape index (κ1) is 10.9. The van der Waals surface area contributed by atoms with Crippen LogP contribution >= 0.6 is 0 Å². The van der Waals surface area contributed by atoms with Gasteiger partial charge in [0.15, 0.2) is 0 Å². The zero-order valence-electron chi connectivity index (χ0n) is 8.46. The highest BCUT2D eigenvalue weighted by molar-refractivity contribution is 6.01. The molecule has 0 bridgehead atoms. The highest BCUT2D eigenvalue weighted by atomic mass is 19.4. The monoisotopic (exact) mass is 225 g/mol. The van der Waals surface area contributed by atoms with Crippen LogP contribution in [0.3, 0.4) is 0 Å². The van der Waals surface area contributed by atoms with Gasteiger partial charge in [-0.05, 0) is 30.5 Å². The van der Waals surface area contributed by atoms with Crippen LogP contribution in [0.5, 0.6) is 0 Å². The number of hydrogen-bond donors (Lipinski definition) is 0. The molecule has 4 heteroatoms. The normalized spacial score (nSPS) is 16.1. The number of hydrogen-bond acceptors (Lipinski definition) is 1. The van der Waals surface area contributed by atoms with E-state index in [1.165, 1.54) is 6.07 Å². The Bertz CT molecular complexity index is 444. The van der Waals surface area contributed by atoms with Gasteiger partial charge in [0.1, 0.15) is 0 Å². The van der Waals surface area contributed by atoms with Crippen molar-refractivity contribution in [3.63, 3.8) is 0 Å². The maximum atomic E-state index is 12.5. The molecule has 1 aromatic carbocycles. The van der Waals surface area contributed by atoms with Gasteiger partial charge in [0.05, 0.1) is 5.56 Å². The van der Waals surface area contributed by atoms with Gasteiger partial charge in [0.25, 0.3) is 0 Å². The second-order valence-corrected chi connectivity index (χ2v) is 3.58. The fraction of sp³-hybridized carbons (Fsp3) is 0.250. The highest BCUT2D eigenvalue weighted by Gasteiger charge is 2.30. The SMILES string of the molecule is FC(F)(F)c1cccc(C2=NC=CCC2)c1. The van der Waals surface area contributed by atoms with Crippen LogP contribution < -0.4 is 0 Å². The van der Waals surface area contributed by atoms with E-state index in [0.717, 1.165) is 18.6 Å². The van der Waals surface area contributed by atoms with Gasteiger partial charge >= 0.3 is 6.18 Å². The summed E-state index contributed by atoms with van der Waals surface area (Å²) in [6.45, 7) is 0. The van der Waals surface area contributed by atoms with E-state index in [9.17, 15) is 13.2 Å². The molecule has 16 heavy (non-hydrogen) atoms. The predicted molar refractivity (Wildman–Crippen MR) is 56.4 cm³/mol. The third-order valence-corrected chi connectivity index (χ3v) is 2.41. The molecule has 1 aliphatic rings. The summed E-state index contributed by atoms with van der Waals surface area (Å²) >= 11 is 0. The Labute approximate surface area is 91.3 Å². The van der Waals surface area contributed by atoms with Crippen LogP contribution in [0.2, 0.25) is 0 Å². The number of benzene rings is 1. The van der Waals surface area contributed by atoms with E-state index < -0.39 is 11.7 Å². The van der Waals surface area contributed by atoms with Crippen molar-refractivity contribution in [2.45, 2.75) is 19.0 Å². The van der Waals surface area contributed by atoms with Crippen molar-refractivity contribution in [3.05, 3.63) is 47.7 Å². The van der Waals surface area contributed by atoms with Crippen LogP contribution in [-0.2, 0) is 6.18 Å². The largest absolute Gasteiger partial charge is 0.416 e. The van der Waals surface area contributed by atoms with E-state index in [1.54, 1.807) is 12.3 Å². The summed E-state index contributed by atoms with van der Waals surface area (Å²) in [5.74, 6) is 0. The summed E-state index contributed by atoms with van der Waals surface area (Å²) in [6.07, 6.45) is 0.768. The van der Waals surface area contributed by atoms with E-state index >= 15 is 0 Å². The standard InChI is InChI=1S/C12H10F3N/c13-12(14,15)10-5-3-4-9(8-10)11-6-1-2-7-16-11/h2-5,7-8H,1,6H2. The van der Waals surface area contributed by atoms with Gasteiger partial charge in [-0.3, -0.25) is 4.99 Å². The minimum Gasteiger partial charge on any atom is -0.261 e. The third kappa shape index (κ3) is 2.32. The Morgan fingerprint density at radius 2 is 2.00 bits per heavy atom. The molecule has 1 aromatic rings. The lowest BCUT2D eigenvalue weighted by Crippen LogP contribution is -2.08. The summed E-state index contributed by atoms with van der Waals surface area (Å²) in [4.78, 5) is 4.09.